The van der Waals surface area contributed by atoms with E-state index in [9.17, 15) is 0 Å². The van der Waals surface area contributed by atoms with Gasteiger partial charge in [-0.15, -0.1) is 24.8 Å². The predicted molar refractivity (Wildman–Crippen MR) is 59.7 cm³/mol. The van der Waals surface area contributed by atoms with E-state index in [1.54, 1.807) is 0 Å². The van der Waals surface area contributed by atoms with Crippen molar-refractivity contribution in [1.82, 2.24) is 9.78 Å². The van der Waals surface area contributed by atoms with E-state index in [4.69, 9.17) is 5.73 Å². The Morgan fingerprint density at radius 1 is 1.54 bits per heavy atom. The molecule has 1 atom stereocenters. The van der Waals surface area contributed by atoms with Gasteiger partial charge in [0, 0.05) is 12.6 Å². The van der Waals surface area contributed by atoms with E-state index in [1.165, 1.54) is 0 Å². The van der Waals surface area contributed by atoms with Gasteiger partial charge >= 0.3 is 0 Å². The fourth-order valence-corrected chi connectivity index (χ4v) is 1.19. The van der Waals surface area contributed by atoms with Crippen LogP contribution < -0.4 is 5.73 Å². The van der Waals surface area contributed by atoms with E-state index >= 15 is 0 Å². The van der Waals surface area contributed by atoms with Gasteiger partial charge in [-0.2, -0.15) is 5.10 Å². The van der Waals surface area contributed by atoms with Gasteiger partial charge < -0.3 is 5.73 Å². The molecule has 0 aliphatic carbocycles. The Morgan fingerprint density at radius 3 is 2.38 bits per heavy atom. The Kier molecular flexibility index (Phi) is 7.31. The molecule has 0 aliphatic heterocycles. The summed E-state index contributed by atoms with van der Waals surface area (Å²) < 4.78 is 1.94. The van der Waals surface area contributed by atoms with E-state index in [0.29, 0.717) is 0 Å². The lowest BCUT2D eigenvalue weighted by molar-refractivity contribution is 0.587. The maximum absolute atomic E-state index is 5.74. The number of aryl methyl sites for hydroxylation is 2. The van der Waals surface area contributed by atoms with E-state index < -0.39 is 0 Å². The summed E-state index contributed by atoms with van der Waals surface area (Å²) in [6, 6.07) is 2.12. The second-order valence-corrected chi connectivity index (χ2v) is 2.82. The van der Waals surface area contributed by atoms with Crippen LogP contribution in [0.5, 0.6) is 0 Å². The van der Waals surface area contributed by atoms with Gasteiger partial charge in [-0.05, 0) is 26.8 Å². The smallest absolute Gasteiger partial charge is 0.0597 e. The van der Waals surface area contributed by atoms with Crippen LogP contribution in [0, 0.1) is 6.92 Å². The largest absolute Gasteiger partial charge is 0.323 e. The van der Waals surface area contributed by atoms with Crippen LogP contribution in [0.25, 0.3) is 0 Å². The van der Waals surface area contributed by atoms with Crippen molar-refractivity contribution in [2.75, 3.05) is 0 Å². The van der Waals surface area contributed by atoms with Gasteiger partial charge in [-0.1, -0.05) is 0 Å². The summed E-state index contributed by atoms with van der Waals surface area (Å²) in [6.45, 7) is 6.92. The second-order valence-electron chi connectivity index (χ2n) is 2.82. The summed E-state index contributed by atoms with van der Waals surface area (Å²) >= 11 is 0. The lowest BCUT2D eigenvalue weighted by Crippen LogP contribution is -2.12. The second kappa shape index (κ2) is 6.24. The molecule has 78 valence electrons. The van der Waals surface area contributed by atoms with Crippen LogP contribution in [0.4, 0.5) is 0 Å². The monoisotopic (exact) mass is 225 g/mol. The summed E-state index contributed by atoms with van der Waals surface area (Å²) in [5.74, 6) is 0. The SMILES string of the molecule is CCn1nc(C)cc1C(C)N.Cl.Cl. The van der Waals surface area contributed by atoms with Crippen molar-refractivity contribution in [3.63, 3.8) is 0 Å². The number of aromatic nitrogens is 2. The number of nitrogens with two attached hydrogens (primary N) is 1. The number of nitrogens with zero attached hydrogens (tertiary/aromatic N) is 2. The molecule has 13 heavy (non-hydrogen) atoms. The van der Waals surface area contributed by atoms with E-state index in [2.05, 4.69) is 12.0 Å². The molecule has 1 aromatic rings. The first-order valence-electron chi connectivity index (χ1n) is 3.95. The molecule has 0 saturated heterocycles. The number of hydrogen-bond acceptors (Lipinski definition) is 2. The average molecular weight is 226 g/mol. The summed E-state index contributed by atoms with van der Waals surface area (Å²) in [4.78, 5) is 0. The zero-order valence-corrected chi connectivity index (χ0v) is 9.78. The van der Waals surface area contributed by atoms with Crippen molar-refractivity contribution in [3.05, 3.63) is 17.5 Å². The fraction of sp³-hybridized carbons (Fsp3) is 0.625. The highest BCUT2D eigenvalue weighted by Gasteiger charge is 2.06. The van der Waals surface area contributed by atoms with Crippen molar-refractivity contribution in [2.45, 2.75) is 33.4 Å². The maximum Gasteiger partial charge on any atom is 0.0597 e. The highest BCUT2D eigenvalue weighted by Crippen LogP contribution is 2.10. The van der Waals surface area contributed by atoms with Crippen molar-refractivity contribution in [1.29, 1.82) is 0 Å². The molecule has 1 rings (SSSR count). The summed E-state index contributed by atoms with van der Waals surface area (Å²) in [5.41, 5.74) is 7.90. The topological polar surface area (TPSA) is 43.8 Å². The van der Waals surface area contributed by atoms with Gasteiger partial charge in [0.25, 0.3) is 0 Å². The molecule has 0 spiro atoms. The summed E-state index contributed by atoms with van der Waals surface area (Å²) in [6.07, 6.45) is 0. The van der Waals surface area contributed by atoms with Crippen LogP contribution in [0.2, 0.25) is 0 Å². The van der Waals surface area contributed by atoms with E-state index in [1.807, 2.05) is 24.6 Å². The zero-order valence-electron chi connectivity index (χ0n) is 8.15. The Bertz CT molecular complexity index is 246. The quantitative estimate of drug-likeness (QED) is 0.838. The third-order valence-corrected chi connectivity index (χ3v) is 1.70. The first kappa shape index (κ1) is 15.2. The van der Waals surface area contributed by atoms with E-state index in [-0.39, 0.29) is 30.9 Å². The predicted octanol–water partition coefficient (Wildman–Crippen LogP) is 2.07. The highest BCUT2D eigenvalue weighted by atomic mass is 35.5. The van der Waals surface area contributed by atoms with Crippen LogP contribution in [0.1, 0.15) is 31.3 Å². The van der Waals surface area contributed by atoms with Crippen molar-refractivity contribution in [3.8, 4) is 0 Å². The molecule has 5 heteroatoms. The molecular formula is C8H17Cl2N3. The maximum atomic E-state index is 5.74. The Morgan fingerprint density at radius 2 is 2.08 bits per heavy atom. The standard InChI is InChI=1S/C8H15N3.2ClH/c1-4-11-8(7(3)9)5-6(2)10-11;;/h5,7H,4,9H2,1-3H3;2*1H. The van der Waals surface area contributed by atoms with Crippen molar-refractivity contribution in [2.24, 2.45) is 5.73 Å². The van der Waals surface area contributed by atoms with E-state index in [0.717, 1.165) is 17.9 Å². The Labute approximate surface area is 91.5 Å². The third-order valence-electron chi connectivity index (χ3n) is 1.70. The molecule has 0 fully saturated rings. The normalized spacial score (nSPS) is 11.4. The van der Waals surface area contributed by atoms with Crippen LogP contribution in [0.15, 0.2) is 6.07 Å². The van der Waals surface area contributed by atoms with Crippen molar-refractivity contribution >= 4 is 24.8 Å². The minimum Gasteiger partial charge on any atom is -0.323 e. The third kappa shape index (κ3) is 3.55. The molecule has 0 aliphatic rings. The molecule has 0 amide bonds. The van der Waals surface area contributed by atoms with Gasteiger partial charge in [0.15, 0.2) is 0 Å². The molecule has 3 nitrogen and oxygen atoms in total. The molecule has 2 N–H and O–H groups in total. The average Bonchev–Trinajstić information content (AvgIpc) is 2.30. The van der Waals surface area contributed by atoms with Crippen LogP contribution in [-0.4, -0.2) is 9.78 Å². The molecule has 0 saturated carbocycles. The molecule has 1 aromatic heterocycles. The number of hydrogen-bond donors (Lipinski definition) is 1. The van der Waals surface area contributed by atoms with Gasteiger partial charge in [0.05, 0.1) is 11.4 Å². The minimum absolute atomic E-state index is 0. The zero-order chi connectivity index (χ0) is 8.43. The molecular weight excluding hydrogens is 209 g/mol. The van der Waals surface area contributed by atoms with Gasteiger partial charge in [0.1, 0.15) is 0 Å². The van der Waals surface area contributed by atoms with Crippen LogP contribution in [0.3, 0.4) is 0 Å². The lowest BCUT2D eigenvalue weighted by atomic mass is 10.2. The summed E-state index contributed by atoms with van der Waals surface area (Å²) in [7, 11) is 0. The molecule has 1 heterocycles. The van der Waals surface area contributed by atoms with Crippen LogP contribution in [-0.2, 0) is 6.54 Å². The molecule has 0 radical (unpaired) electrons. The van der Waals surface area contributed by atoms with Gasteiger partial charge in [-0.3, -0.25) is 4.68 Å². The van der Waals surface area contributed by atoms with Crippen LogP contribution >= 0.6 is 24.8 Å². The fourth-order valence-electron chi connectivity index (χ4n) is 1.19. The first-order valence-corrected chi connectivity index (χ1v) is 3.95. The lowest BCUT2D eigenvalue weighted by Gasteiger charge is -2.06. The highest BCUT2D eigenvalue weighted by molar-refractivity contribution is 5.85. The van der Waals surface area contributed by atoms with Gasteiger partial charge in [0.2, 0.25) is 0 Å². The first-order chi connectivity index (χ1) is 5.15. The summed E-state index contributed by atoms with van der Waals surface area (Å²) in [5, 5.41) is 4.29. The minimum atomic E-state index is 0. The Hall–Kier alpha value is -0.250. The molecule has 0 aromatic carbocycles. The molecule has 0 bridgehead atoms. The number of halogens is 2. The van der Waals surface area contributed by atoms with Crippen molar-refractivity contribution < 1.29 is 0 Å². The molecule has 1 unspecified atom stereocenters. The Balaban J connectivity index is 0. The number of rotatable bonds is 2. The van der Waals surface area contributed by atoms with Gasteiger partial charge in [-0.25, -0.2) is 0 Å².